The van der Waals surface area contributed by atoms with Crippen molar-refractivity contribution in [2.75, 3.05) is 13.2 Å². The molecule has 2 rings (SSSR count). The predicted octanol–water partition coefficient (Wildman–Crippen LogP) is 2.20. The third-order valence-electron chi connectivity index (χ3n) is 2.69. The Morgan fingerprint density at radius 3 is 2.82 bits per heavy atom. The molecule has 2 N–H and O–H groups in total. The van der Waals surface area contributed by atoms with Gasteiger partial charge in [-0.1, -0.05) is 18.2 Å². The summed E-state index contributed by atoms with van der Waals surface area (Å²) >= 11 is 0. The molecule has 0 aliphatic rings. The number of ether oxygens (including phenoxy) is 1. The minimum absolute atomic E-state index is 0.398. The largest absolute Gasteiger partial charge is 0.494 e. The van der Waals surface area contributed by atoms with E-state index in [1.165, 1.54) is 0 Å². The smallest absolute Gasteiger partial charge is 0.209 e. The highest BCUT2D eigenvalue weighted by molar-refractivity contribution is 5.83. The van der Waals surface area contributed by atoms with Gasteiger partial charge in [0.15, 0.2) is 6.19 Å². The quantitative estimate of drug-likeness (QED) is 0.281. The van der Waals surface area contributed by atoms with Crippen molar-refractivity contribution in [2.24, 2.45) is 4.99 Å². The number of aromatic nitrogens is 1. The van der Waals surface area contributed by atoms with E-state index >= 15 is 0 Å². The highest BCUT2D eigenvalue weighted by Crippen LogP contribution is 2.08. The summed E-state index contributed by atoms with van der Waals surface area (Å²) in [4.78, 5) is 8.25. The first kappa shape index (κ1) is 15.3. The van der Waals surface area contributed by atoms with Gasteiger partial charge in [-0.05, 0) is 30.7 Å². The SMILES string of the molecule is N#CNC(=Nc1cccnc1)NCCCOc1ccccc1. The van der Waals surface area contributed by atoms with E-state index in [2.05, 4.69) is 20.6 Å². The zero-order chi connectivity index (χ0) is 15.5. The van der Waals surface area contributed by atoms with E-state index in [1.54, 1.807) is 18.5 Å². The molecule has 2 aromatic rings. The summed E-state index contributed by atoms with van der Waals surface area (Å²) in [5.41, 5.74) is 0.674. The Morgan fingerprint density at radius 2 is 2.09 bits per heavy atom. The van der Waals surface area contributed by atoms with Crippen molar-refractivity contribution in [3.05, 3.63) is 54.9 Å². The molecule has 0 aliphatic carbocycles. The fourth-order valence-electron chi connectivity index (χ4n) is 1.70. The van der Waals surface area contributed by atoms with E-state index in [0.717, 1.165) is 12.2 Å². The molecule has 0 saturated carbocycles. The molecule has 6 heteroatoms. The zero-order valence-corrected chi connectivity index (χ0v) is 12.1. The van der Waals surface area contributed by atoms with E-state index in [1.807, 2.05) is 42.6 Å². The summed E-state index contributed by atoms with van der Waals surface area (Å²) < 4.78 is 5.59. The van der Waals surface area contributed by atoms with Crippen LogP contribution in [0.25, 0.3) is 0 Å². The van der Waals surface area contributed by atoms with E-state index in [4.69, 9.17) is 10.00 Å². The molecule has 6 nitrogen and oxygen atoms in total. The highest BCUT2D eigenvalue weighted by Gasteiger charge is 1.98. The van der Waals surface area contributed by atoms with Crippen molar-refractivity contribution >= 4 is 11.6 Å². The number of pyridine rings is 1. The van der Waals surface area contributed by atoms with Gasteiger partial charge in [0, 0.05) is 12.7 Å². The summed E-state index contributed by atoms with van der Waals surface area (Å²) in [6.45, 7) is 1.23. The van der Waals surface area contributed by atoms with Crippen molar-refractivity contribution in [1.82, 2.24) is 15.6 Å². The molecule has 0 amide bonds. The lowest BCUT2D eigenvalue weighted by Gasteiger charge is -2.09. The molecule has 0 fully saturated rings. The first-order chi connectivity index (χ1) is 10.9. The van der Waals surface area contributed by atoms with Crippen molar-refractivity contribution in [1.29, 1.82) is 5.26 Å². The van der Waals surface area contributed by atoms with Crippen LogP contribution in [0.1, 0.15) is 6.42 Å². The van der Waals surface area contributed by atoms with Crippen LogP contribution in [-0.4, -0.2) is 24.1 Å². The summed E-state index contributed by atoms with van der Waals surface area (Å²) in [5, 5.41) is 14.3. The third kappa shape index (κ3) is 5.51. The molecule has 0 atom stereocenters. The fraction of sp³-hybridized carbons (Fsp3) is 0.188. The van der Waals surface area contributed by atoms with Gasteiger partial charge in [0.25, 0.3) is 0 Å². The predicted molar refractivity (Wildman–Crippen MR) is 84.6 cm³/mol. The Hall–Kier alpha value is -3.07. The van der Waals surface area contributed by atoms with Gasteiger partial charge in [0.05, 0.1) is 18.5 Å². The van der Waals surface area contributed by atoms with E-state index in [0.29, 0.717) is 24.8 Å². The van der Waals surface area contributed by atoms with Gasteiger partial charge >= 0.3 is 0 Å². The monoisotopic (exact) mass is 295 g/mol. The molecule has 1 aromatic heterocycles. The first-order valence-electron chi connectivity index (χ1n) is 6.94. The molecule has 0 saturated heterocycles. The van der Waals surface area contributed by atoms with Crippen LogP contribution in [0.4, 0.5) is 5.69 Å². The minimum Gasteiger partial charge on any atom is -0.494 e. The van der Waals surface area contributed by atoms with Crippen LogP contribution in [-0.2, 0) is 0 Å². The molecular weight excluding hydrogens is 278 g/mol. The average Bonchev–Trinajstić information content (AvgIpc) is 2.56. The molecular formula is C16H17N5O. The molecule has 0 aliphatic heterocycles. The van der Waals surface area contributed by atoms with E-state index in [-0.39, 0.29) is 0 Å². The number of hydrogen-bond donors (Lipinski definition) is 2. The van der Waals surface area contributed by atoms with Crippen LogP contribution >= 0.6 is 0 Å². The average molecular weight is 295 g/mol. The Labute approximate surface area is 129 Å². The number of benzene rings is 1. The van der Waals surface area contributed by atoms with Gasteiger partial charge < -0.3 is 10.1 Å². The summed E-state index contributed by atoms with van der Waals surface area (Å²) in [6.07, 6.45) is 5.94. The Morgan fingerprint density at radius 1 is 1.23 bits per heavy atom. The summed E-state index contributed by atoms with van der Waals surface area (Å²) in [6, 6.07) is 13.2. The molecule has 1 aromatic carbocycles. The van der Waals surface area contributed by atoms with E-state index < -0.39 is 0 Å². The Kier molecular flexibility index (Phi) is 6.25. The lowest BCUT2D eigenvalue weighted by atomic mass is 10.3. The molecule has 0 bridgehead atoms. The van der Waals surface area contributed by atoms with Gasteiger partial charge in [-0.3, -0.25) is 10.3 Å². The van der Waals surface area contributed by atoms with Gasteiger partial charge in [-0.15, -0.1) is 0 Å². The molecule has 1 heterocycles. The van der Waals surface area contributed by atoms with E-state index in [9.17, 15) is 0 Å². The van der Waals surface area contributed by atoms with Crippen molar-refractivity contribution in [3.63, 3.8) is 0 Å². The van der Waals surface area contributed by atoms with Gasteiger partial charge in [-0.25, -0.2) is 4.99 Å². The highest BCUT2D eigenvalue weighted by atomic mass is 16.5. The standard InChI is InChI=1S/C16H17N5O/c17-13-20-16(21-14-6-4-9-18-12-14)19-10-5-11-22-15-7-2-1-3-8-15/h1-4,6-9,12H,5,10-11H2,(H2,19,20,21). The van der Waals surface area contributed by atoms with Crippen LogP contribution in [0, 0.1) is 11.5 Å². The lowest BCUT2D eigenvalue weighted by molar-refractivity contribution is 0.311. The topological polar surface area (TPSA) is 82.3 Å². The van der Waals surface area contributed by atoms with Crippen LogP contribution in [0.3, 0.4) is 0 Å². The number of aliphatic imine (C=N–C) groups is 1. The molecule has 0 spiro atoms. The second kappa shape index (κ2) is 8.97. The second-order valence-electron chi connectivity index (χ2n) is 4.35. The van der Waals surface area contributed by atoms with Crippen LogP contribution < -0.4 is 15.4 Å². The van der Waals surface area contributed by atoms with Crippen molar-refractivity contribution in [2.45, 2.75) is 6.42 Å². The number of para-hydroxylation sites is 1. The molecule has 0 radical (unpaired) electrons. The summed E-state index contributed by atoms with van der Waals surface area (Å²) in [7, 11) is 0. The van der Waals surface area contributed by atoms with Gasteiger partial charge in [-0.2, -0.15) is 5.26 Å². The maximum Gasteiger partial charge on any atom is 0.209 e. The van der Waals surface area contributed by atoms with Crippen molar-refractivity contribution < 1.29 is 4.74 Å². The Bertz CT molecular complexity index is 622. The normalized spacial score (nSPS) is 10.6. The number of nitriles is 1. The maximum absolute atomic E-state index is 8.74. The molecule has 22 heavy (non-hydrogen) atoms. The fourth-order valence-corrected chi connectivity index (χ4v) is 1.70. The zero-order valence-electron chi connectivity index (χ0n) is 12.1. The maximum atomic E-state index is 8.74. The number of nitrogens with zero attached hydrogens (tertiary/aromatic N) is 3. The minimum atomic E-state index is 0.398. The first-order valence-corrected chi connectivity index (χ1v) is 6.94. The molecule has 0 unspecified atom stereocenters. The number of nitrogens with one attached hydrogen (secondary N) is 2. The Balaban J connectivity index is 1.75. The number of hydrogen-bond acceptors (Lipinski definition) is 4. The number of guanidine groups is 1. The lowest BCUT2D eigenvalue weighted by Crippen LogP contribution is -2.35. The van der Waals surface area contributed by atoms with Crippen LogP contribution in [0.5, 0.6) is 5.75 Å². The van der Waals surface area contributed by atoms with Gasteiger partial charge in [0.1, 0.15) is 5.75 Å². The second-order valence-corrected chi connectivity index (χ2v) is 4.35. The van der Waals surface area contributed by atoms with Gasteiger partial charge in [0.2, 0.25) is 5.96 Å². The third-order valence-corrected chi connectivity index (χ3v) is 2.69. The van der Waals surface area contributed by atoms with Crippen molar-refractivity contribution in [3.8, 4) is 11.9 Å². The summed E-state index contributed by atoms with van der Waals surface area (Å²) in [5.74, 6) is 1.25. The van der Waals surface area contributed by atoms with Crippen LogP contribution in [0.2, 0.25) is 0 Å². The van der Waals surface area contributed by atoms with Crippen LogP contribution in [0.15, 0.2) is 59.9 Å². The molecule has 112 valence electrons. The number of rotatable bonds is 6.